The predicted molar refractivity (Wildman–Crippen MR) is 135 cm³/mol. The third-order valence-electron chi connectivity index (χ3n) is 7.10. The lowest BCUT2D eigenvalue weighted by molar-refractivity contribution is 0.0589. The van der Waals surface area contributed by atoms with E-state index < -0.39 is 30.4 Å². The van der Waals surface area contributed by atoms with Crippen LogP contribution in [-0.4, -0.2) is 83.5 Å². The number of carbonyl (C=O) groups is 1. The van der Waals surface area contributed by atoms with Gasteiger partial charge >= 0.3 is 13.2 Å². The highest BCUT2D eigenvalue weighted by molar-refractivity contribution is 6.61. The molecule has 0 unspecified atom stereocenters. The average molecular weight is 501 g/mol. The summed E-state index contributed by atoms with van der Waals surface area (Å²) in [4.78, 5) is 25.5. The molecule has 0 radical (unpaired) electrons. The molecule has 9 nitrogen and oxygen atoms in total. The summed E-state index contributed by atoms with van der Waals surface area (Å²) >= 11 is 0. The van der Waals surface area contributed by atoms with Crippen LogP contribution in [-0.2, 0) is 4.74 Å². The number of hydrogen-bond donors (Lipinski definition) is 3. The van der Waals surface area contributed by atoms with Crippen molar-refractivity contribution in [2.75, 3.05) is 43.5 Å². The molecule has 2 atom stereocenters. The second kappa shape index (κ2) is 8.57. The van der Waals surface area contributed by atoms with Crippen molar-refractivity contribution in [1.29, 1.82) is 0 Å². The van der Waals surface area contributed by atoms with Crippen LogP contribution in [0.1, 0.15) is 27.2 Å². The lowest BCUT2D eigenvalue weighted by Gasteiger charge is -2.29. The molecule has 4 heterocycles. The molecule has 0 bridgehead atoms. The van der Waals surface area contributed by atoms with Crippen LogP contribution in [0.2, 0.25) is 0 Å². The number of likely N-dealkylation sites (N-methyl/N-ethyl adjacent to an activating group) is 1. The molecule has 2 aliphatic rings. The highest BCUT2D eigenvalue weighted by atomic mass is 19.2. The summed E-state index contributed by atoms with van der Waals surface area (Å²) in [5.41, 5.74) is 0.236. The minimum absolute atomic E-state index is 0.0769. The zero-order valence-corrected chi connectivity index (χ0v) is 21.0. The third-order valence-corrected chi connectivity index (χ3v) is 7.10. The van der Waals surface area contributed by atoms with Gasteiger partial charge < -0.3 is 29.6 Å². The van der Waals surface area contributed by atoms with E-state index in [1.165, 1.54) is 13.2 Å². The van der Waals surface area contributed by atoms with Crippen molar-refractivity contribution in [2.24, 2.45) is 5.92 Å². The van der Waals surface area contributed by atoms with E-state index in [2.05, 4.69) is 19.8 Å². The lowest BCUT2D eigenvalue weighted by atomic mass is 9.79. The molecule has 192 valence electrons. The average Bonchev–Trinajstić information content (AvgIpc) is 3.45. The number of amides is 1. The Morgan fingerprint density at radius 1 is 1.28 bits per heavy atom. The highest BCUT2D eigenvalue weighted by Crippen LogP contribution is 2.42. The number of H-pyrrole nitrogens is 1. The number of halogens is 2. The molecule has 0 aliphatic carbocycles. The monoisotopic (exact) mass is 501 g/mol. The first-order chi connectivity index (χ1) is 16.9. The molecule has 2 saturated heterocycles. The fraction of sp³-hybridized carbons (Fsp3) is 0.500. The molecule has 36 heavy (non-hydrogen) atoms. The maximum Gasteiger partial charge on any atom is 0.492 e. The number of benzene rings is 1. The third kappa shape index (κ3) is 3.97. The minimum atomic E-state index is -1.86. The molecule has 3 aromatic rings. The maximum atomic E-state index is 15.5. The quantitative estimate of drug-likeness (QED) is 0.473. The number of nitrogens with zero attached hydrogens (tertiary/aromatic N) is 4. The van der Waals surface area contributed by atoms with Crippen molar-refractivity contribution in [1.82, 2.24) is 14.9 Å². The molecule has 2 fully saturated rings. The number of aromatic amines is 1. The second-order valence-corrected chi connectivity index (χ2v) is 10.8. The molecule has 5 rings (SSSR count). The van der Waals surface area contributed by atoms with Crippen molar-refractivity contribution < 1.29 is 28.4 Å². The number of aromatic nitrogens is 2. The lowest BCUT2D eigenvalue weighted by Crippen LogP contribution is -2.42. The molecule has 12 heteroatoms. The van der Waals surface area contributed by atoms with Crippen LogP contribution in [0.25, 0.3) is 21.9 Å². The van der Waals surface area contributed by atoms with Crippen molar-refractivity contribution in [3.8, 4) is 0 Å². The van der Waals surface area contributed by atoms with Crippen LogP contribution in [0.3, 0.4) is 0 Å². The van der Waals surface area contributed by atoms with Gasteiger partial charge in [0.2, 0.25) is 0 Å². The molecule has 3 N–H and O–H groups in total. The molecular weight excluding hydrogens is 471 g/mol. The van der Waals surface area contributed by atoms with Gasteiger partial charge in [-0.05, 0) is 40.2 Å². The Balaban J connectivity index is 1.76. The van der Waals surface area contributed by atoms with Gasteiger partial charge in [-0.3, -0.25) is 4.90 Å². The number of fused-ring (bicyclic) bond motifs is 4. The summed E-state index contributed by atoms with van der Waals surface area (Å²) in [6.07, 6.45) is 1.50. The van der Waals surface area contributed by atoms with E-state index in [4.69, 9.17) is 4.74 Å². The predicted octanol–water partition coefficient (Wildman–Crippen LogP) is 2.19. The van der Waals surface area contributed by atoms with Crippen molar-refractivity contribution in [3.05, 3.63) is 23.9 Å². The standard InChI is InChI=1S/C24H30BF2N5O4/c1-24(2,3)36-23(33)31(5)15-8-14(26)19(27)17-18-21(32-7-6-12-10-30(4)11-16(12)32)13(25(34)35)9-28-22(18)29-20(15)17/h8-9,12,16,34-35H,6-7,10-11H2,1-5H3,(H,28,29)/t12-,16+/m0/s1. The Morgan fingerprint density at radius 2 is 2.00 bits per heavy atom. The van der Waals surface area contributed by atoms with Crippen LogP contribution in [0.15, 0.2) is 12.3 Å². The number of nitrogens with one attached hydrogen (secondary N) is 1. The Morgan fingerprint density at radius 3 is 2.67 bits per heavy atom. The van der Waals surface area contributed by atoms with Crippen LogP contribution < -0.4 is 15.3 Å². The first-order valence-electron chi connectivity index (χ1n) is 12.0. The van der Waals surface area contributed by atoms with Gasteiger partial charge in [-0.1, -0.05) is 0 Å². The van der Waals surface area contributed by atoms with Crippen LogP contribution in [0.5, 0.6) is 0 Å². The molecule has 1 aromatic carbocycles. The van der Waals surface area contributed by atoms with Gasteiger partial charge in [0.1, 0.15) is 11.2 Å². The van der Waals surface area contributed by atoms with Crippen LogP contribution in [0.4, 0.5) is 25.0 Å². The fourth-order valence-corrected chi connectivity index (χ4v) is 5.58. The van der Waals surface area contributed by atoms with Gasteiger partial charge in [-0.2, -0.15) is 0 Å². The molecule has 0 spiro atoms. The summed E-state index contributed by atoms with van der Waals surface area (Å²) < 4.78 is 35.9. The number of pyridine rings is 1. The summed E-state index contributed by atoms with van der Waals surface area (Å²) in [7, 11) is 1.59. The van der Waals surface area contributed by atoms with Gasteiger partial charge in [-0.25, -0.2) is 18.6 Å². The fourth-order valence-electron chi connectivity index (χ4n) is 5.58. The Hall–Kier alpha value is -2.96. The molecule has 2 aliphatic heterocycles. The number of ether oxygens (including phenoxy) is 1. The van der Waals surface area contributed by atoms with Gasteiger partial charge in [-0.15, -0.1) is 0 Å². The number of anilines is 2. The van der Waals surface area contributed by atoms with Crippen molar-refractivity contribution in [2.45, 2.75) is 38.8 Å². The zero-order chi connectivity index (χ0) is 26.1. The zero-order valence-electron chi connectivity index (χ0n) is 21.0. The van der Waals surface area contributed by atoms with E-state index in [1.807, 2.05) is 7.05 Å². The highest BCUT2D eigenvalue weighted by Gasteiger charge is 2.42. The molecule has 0 saturated carbocycles. The molecule has 2 aromatic heterocycles. The van der Waals surface area contributed by atoms with Crippen LogP contribution in [0, 0.1) is 17.6 Å². The number of hydrogen-bond acceptors (Lipinski definition) is 7. The minimum Gasteiger partial charge on any atom is -0.443 e. The van der Waals surface area contributed by atoms with Gasteiger partial charge in [0.05, 0.1) is 27.7 Å². The van der Waals surface area contributed by atoms with E-state index in [0.29, 0.717) is 18.2 Å². The Kier molecular flexibility index (Phi) is 5.88. The van der Waals surface area contributed by atoms with Gasteiger partial charge in [0.15, 0.2) is 11.6 Å². The second-order valence-electron chi connectivity index (χ2n) is 10.8. The number of carbonyl (C=O) groups excluding carboxylic acids is 1. The topological polar surface area (TPSA) is 105 Å². The summed E-state index contributed by atoms with van der Waals surface area (Å²) in [6.45, 7) is 7.45. The van der Waals surface area contributed by atoms with E-state index in [0.717, 1.165) is 30.5 Å². The molecule has 1 amide bonds. The van der Waals surface area contributed by atoms with Crippen molar-refractivity contribution >= 4 is 52.0 Å². The van der Waals surface area contributed by atoms with Crippen molar-refractivity contribution in [3.63, 3.8) is 0 Å². The van der Waals surface area contributed by atoms with Crippen LogP contribution >= 0.6 is 0 Å². The largest absolute Gasteiger partial charge is 0.492 e. The number of likely N-dealkylation sites (tertiary alicyclic amines) is 1. The van der Waals surface area contributed by atoms with E-state index >= 15 is 8.78 Å². The Bertz CT molecular complexity index is 1360. The summed E-state index contributed by atoms with van der Waals surface area (Å²) in [6, 6.07) is 1.03. The van der Waals surface area contributed by atoms with E-state index in [-0.39, 0.29) is 39.1 Å². The normalized spacial score (nSPS) is 20.4. The molecular formula is C24H30BF2N5O4. The smallest absolute Gasteiger partial charge is 0.443 e. The summed E-state index contributed by atoms with van der Waals surface area (Å²) in [5.74, 6) is -1.87. The van der Waals surface area contributed by atoms with Gasteiger partial charge in [0, 0.05) is 50.4 Å². The van der Waals surface area contributed by atoms with Gasteiger partial charge in [0.25, 0.3) is 0 Å². The SMILES string of the molecule is CN1C[C@@H]2CCN(c3c(B(O)O)cnc4[nH]c5c(N(C)C(=O)OC(C)(C)C)cc(F)c(F)c5c34)[C@@H]2C1. The summed E-state index contributed by atoms with van der Waals surface area (Å²) in [5, 5.41) is 20.6. The van der Waals surface area contributed by atoms with E-state index in [1.54, 1.807) is 20.8 Å². The first-order valence-corrected chi connectivity index (χ1v) is 12.0. The maximum absolute atomic E-state index is 15.5. The Labute approximate surface area is 207 Å². The number of rotatable bonds is 3. The first kappa shape index (κ1) is 24.7. The van der Waals surface area contributed by atoms with E-state index in [9.17, 15) is 14.8 Å².